The highest BCUT2D eigenvalue weighted by Crippen LogP contribution is 2.29. The fraction of sp³-hybridized carbons (Fsp3) is 0.538. The van der Waals surface area contributed by atoms with Crippen LogP contribution in [0.5, 0.6) is 0 Å². The lowest BCUT2D eigenvalue weighted by molar-refractivity contribution is 0.490. The summed E-state index contributed by atoms with van der Waals surface area (Å²) in [4.78, 5) is 12.4. The molecule has 1 fully saturated rings. The molecule has 0 saturated heterocycles. The zero-order valence-corrected chi connectivity index (χ0v) is 10.4. The predicted octanol–water partition coefficient (Wildman–Crippen LogP) is 1.86. The van der Waals surface area contributed by atoms with Gasteiger partial charge in [-0.05, 0) is 38.3 Å². The molecule has 1 saturated carbocycles. The number of nitrogens with zero attached hydrogens (tertiary/aromatic N) is 1. The maximum Gasteiger partial charge on any atom is 0.262 e. The van der Waals surface area contributed by atoms with Crippen LogP contribution in [0.4, 0.5) is 0 Å². The minimum absolute atomic E-state index is 0.0955. The quantitative estimate of drug-likeness (QED) is 0.604. The molecule has 3 N–H and O–H groups in total. The van der Waals surface area contributed by atoms with Crippen LogP contribution in [0.2, 0.25) is 0 Å². The van der Waals surface area contributed by atoms with Gasteiger partial charge in [0.15, 0.2) is 0 Å². The van der Waals surface area contributed by atoms with E-state index < -0.39 is 0 Å². The zero-order valence-electron chi connectivity index (χ0n) is 10.4. The first-order valence-corrected chi connectivity index (χ1v) is 6.09. The minimum atomic E-state index is -0.126. The molecular formula is C13H19N3O. The first kappa shape index (κ1) is 11.9. The van der Waals surface area contributed by atoms with Gasteiger partial charge in [-0.15, -0.1) is 0 Å². The second kappa shape index (κ2) is 4.35. The molecule has 0 bridgehead atoms. The topological polar surface area (TPSA) is 71.9 Å². The molecule has 4 heteroatoms. The van der Waals surface area contributed by atoms with Crippen molar-refractivity contribution in [3.63, 3.8) is 0 Å². The van der Waals surface area contributed by atoms with E-state index in [0.29, 0.717) is 11.6 Å². The molecular weight excluding hydrogens is 214 g/mol. The molecule has 1 aliphatic carbocycles. The second-order valence-electron chi connectivity index (χ2n) is 4.87. The van der Waals surface area contributed by atoms with Gasteiger partial charge in [-0.2, -0.15) is 0 Å². The molecule has 0 atom stereocenters. The van der Waals surface area contributed by atoms with E-state index in [9.17, 15) is 4.79 Å². The van der Waals surface area contributed by atoms with Crippen LogP contribution in [0.25, 0.3) is 0 Å². The summed E-state index contributed by atoms with van der Waals surface area (Å²) in [6.45, 7) is 3.79. The number of nitrogens with two attached hydrogens (primary N) is 1. The molecule has 0 radical (unpaired) electrons. The Hall–Kier alpha value is -1.58. The molecule has 0 aromatic carbocycles. The molecule has 0 unspecified atom stereocenters. The van der Waals surface area contributed by atoms with Gasteiger partial charge >= 0.3 is 0 Å². The van der Waals surface area contributed by atoms with Crippen molar-refractivity contribution in [1.82, 2.24) is 4.57 Å². The summed E-state index contributed by atoms with van der Waals surface area (Å²) in [5.74, 6) is -0.126. The van der Waals surface area contributed by atoms with Crippen LogP contribution in [0.1, 0.15) is 48.5 Å². The normalized spacial score (nSPS) is 16.4. The number of nitrogens with one attached hydrogen (secondary N) is 1. The number of nitrogen functional groups attached to an aromatic ring is 1. The van der Waals surface area contributed by atoms with Crippen LogP contribution in [-0.4, -0.2) is 10.4 Å². The molecule has 1 aromatic rings. The Morgan fingerprint density at radius 1 is 1.41 bits per heavy atom. The van der Waals surface area contributed by atoms with Crippen molar-refractivity contribution in [2.75, 3.05) is 0 Å². The molecule has 1 aromatic heterocycles. The molecule has 1 heterocycles. The summed E-state index contributed by atoms with van der Waals surface area (Å²) < 4.78 is 1.83. The van der Waals surface area contributed by atoms with Crippen molar-refractivity contribution in [2.24, 2.45) is 5.73 Å². The lowest BCUT2D eigenvalue weighted by atomic mass is 10.1. The fourth-order valence-electron chi connectivity index (χ4n) is 2.85. The van der Waals surface area contributed by atoms with Gasteiger partial charge in [0.2, 0.25) is 0 Å². The number of aromatic nitrogens is 1. The molecule has 92 valence electrons. The Labute approximate surface area is 101 Å². The first-order chi connectivity index (χ1) is 8.02. The van der Waals surface area contributed by atoms with E-state index in [2.05, 4.69) is 0 Å². The van der Waals surface area contributed by atoms with E-state index in [0.717, 1.165) is 24.1 Å². The number of rotatable bonds is 2. The van der Waals surface area contributed by atoms with Gasteiger partial charge in [0, 0.05) is 11.7 Å². The maximum absolute atomic E-state index is 12.4. The van der Waals surface area contributed by atoms with Gasteiger partial charge in [-0.3, -0.25) is 10.2 Å². The first-order valence-electron chi connectivity index (χ1n) is 6.09. The SMILES string of the molecule is Cc1cc(C)n(C2CCCC2)c(=O)c1C(=N)N. The monoisotopic (exact) mass is 233 g/mol. The number of pyridine rings is 1. The second-order valence-corrected chi connectivity index (χ2v) is 4.87. The van der Waals surface area contributed by atoms with E-state index >= 15 is 0 Å². The van der Waals surface area contributed by atoms with Crippen LogP contribution in [-0.2, 0) is 0 Å². The van der Waals surface area contributed by atoms with Gasteiger partial charge in [0.05, 0.1) is 5.56 Å². The van der Waals surface area contributed by atoms with Crippen LogP contribution in [0, 0.1) is 19.3 Å². The van der Waals surface area contributed by atoms with Crippen molar-refractivity contribution in [2.45, 2.75) is 45.6 Å². The van der Waals surface area contributed by atoms with Gasteiger partial charge in [0.25, 0.3) is 5.56 Å². The Balaban J connectivity index is 2.62. The Morgan fingerprint density at radius 2 is 2.00 bits per heavy atom. The van der Waals surface area contributed by atoms with Gasteiger partial charge in [-0.1, -0.05) is 12.8 Å². The van der Waals surface area contributed by atoms with Crippen LogP contribution in [0.3, 0.4) is 0 Å². The largest absolute Gasteiger partial charge is 0.384 e. The third-order valence-corrected chi connectivity index (χ3v) is 3.59. The van der Waals surface area contributed by atoms with Crippen LogP contribution >= 0.6 is 0 Å². The summed E-state index contributed by atoms with van der Waals surface area (Å²) in [5, 5.41) is 7.52. The molecule has 2 rings (SSSR count). The average Bonchev–Trinajstić information content (AvgIpc) is 2.69. The standard InChI is InChI=1S/C13H19N3O/c1-8-7-9(2)16(10-5-3-4-6-10)13(17)11(8)12(14)15/h7,10H,3-6H2,1-2H3,(H3,14,15). The summed E-state index contributed by atoms with van der Waals surface area (Å²) in [6.07, 6.45) is 4.47. The molecule has 0 aliphatic heterocycles. The molecule has 1 aliphatic rings. The van der Waals surface area contributed by atoms with Crippen LogP contribution in [0.15, 0.2) is 10.9 Å². The Kier molecular flexibility index (Phi) is 3.05. The smallest absolute Gasteiger partial charge is 0.262 e. The number of hydrogen-bond donors (Lipinski definition) is 2. The lowest BCUT2D eigenvalue weighted by Gasteiger charge is -2.19. The van der Waals surface area contributed by atoms with Gasteiger partial charge in [0.1, 0.15) is 5.84 Å². The van der Waals surface area contributed by atoms with E-state index in [1.807, 2.05) is 24.5 Å². The van der Waals surface area contributed by atoms with E-state index in [4.69, 9.17) is 11.1 Å². The van der Waals surface area contributed by atoms with Crippen molar-refractivity contribution in [3.05, 3.63) is 33.2 Å². The third-order valence-electron chi connectivity index (χ3n) is 3.59. The Bertz CT molecular complexity index is 510. The summed E-state index contributed by atoms with van der Waals surface area (Å²) >= 11 is 0. The highest BCUT2D eigenvalue weighted by atomic mass is 16.1. The summed E-state index contributed by atoms with van der Waals surface area (Å²) in [6, 6.07) is 2.25. The third kappa shape index (κ3) is 1.99. The lowest BCUT2D eigenvalue weighted by Crippen LogP contribution is -2.33. The average molecular weight is 233 g/mol. The maximum atomic E-state index is 12.4. The van der Waals surface area contributed by atoms with E-state index in [1.54, 1.807) is 0 Å². The predicted molar refractivity (Wildman–Crippen MR) is 68.7 cm³/mol. The van der Waals surface area contributed by atoms with Crippen molar-refractivity contribution >= 4 is 5.84 Å². The van der Waals surface area contributed by atoms with E-state index in [-0.39, 0.29) is 11.4 Å². The van der Waals surface area contributed by atoms with Gasteiger partial charge < -0.3 is 10.3 Å². The molecule has 0 spiro atoms. The number of amidine groups is 1. The van der Waals surface area contributed by atoms with Crippen LogP contribution < -0.4 is 11.3 Å². The van der Waals surface area contributed by atoms with Crippen molar-refractivity contribution in [1.29, 1.82) is 5.41 Å². The fourth-order valence-corrected chi connectivity index (χ4v) is 2.85. The molecule has 0 amide bonds. The molecule has 4 nitrogen and oxygen atoms in total. The Morgan fingerprint density at radius 3 is 2.53 bits per heavy atom. The summed E-state index contributed by atoms with van der Waals surface area (Å²) in [5.41, 5.74) is 7.55. The highest BCUT2D eigenvalue weighted by molar-refractivity contribution is 5.95. The van der Waals surface area contributed by atoms with Crippen molar-refractivity contribution < 1.29 is 0 Å². The molecule has 17 heavy (non-hydrogen) atoms. The number of hydrogen-bond acceptors (Lipinski definition) is 2. The highest BCUT2D eigenvalue weighted by Gasteiger charge is 2.22. The van der Waals surface area contributed by atoms with E-state index in [1.165, 1.54) is 12.8 Å². The van der Waals surface area contributed by atoms with Crippen molar-refractivity contribution in [3.8, 4) is 0 Å². The zero-order chi connectivity index (χ0) is 12.6. The number of aryl methyl sites for hydroxylation is 2. The van der Waals surface area contributed by atoms with Gasteiger partial charge in [-0.25, -0.2) is 0 Å². The minimum Gasteiger partial charge on any atom is -0.384 e. The summed E-state index contributed by atoms with van der Waals surface area (Å²) in [7, 11) is 0.